The van der Waals surface area contributed by atoms with Crippen molar-refractivity contribution in [2.24, 2.45) is 0 Å². The lowest BCUT2D eigenvalue weighted by Crippen LogP contribution is -2.29. The molecule has 1 aromatic rings. The average Bonchev–Trinajstić information content (AvgIpc) is 2.27. The van der Waals surface area contributed by atoms with Crippen LogP contribution in [0.2, 0.25) is 0 Å². The number of benzene rings is 1. The van der Waals surface area contributed by atoms with Crippen LogP contribution in [0.3, 0.4) is 0 Å². The van der Waals surface area contributed by atoms with Gasteiger partial charge in [-0.3, -0.25) is 4.79 Å². The molecule has 0 aliphatic rings. The summed E-state index contributed by atoms with van der Waals surface area (Å²) < 4.78 is 5.71. The van der Waals surface area contributed by atoms with E-state index in [0.29, 0.717) is 5.56 Å². The molecule has 0 atom stereocenters. The molecule has 0 aliphatic carbocycles. The predicted molar refractivity (Wildman–Crippen MR) is 74.7 cm³/mol. The number of ether oxygens (including phenoxy) is 1. The summed E-state index contributed by atoms with van der Waals surface area (Å²) in [6.45, 7) is 1.99. The van der Waals surface area contributed by atoms with Crippen LogP contribution in [0.5, 0.6) is 0 Å². The van der Waals surface area contributed by atoms with E-state index < -0.39 is 5.97 Å². The van der Waals surface area contributed by atoms with Gasteiger partial charge in [-0.1, -0.05) is 12.1 Å². The molecule has 1 aromatic carbocycles. The van der Waals surface area contributed by atoms with E-state index in [1.807, 2.05) is 25.1 Å². The molecular weight excluding hydrogens is 349 g/mol. The molecule has 98 valence electrons. The predicted octanol–water partition coefficient (Wildman–Crippen LogP) is 1.43. The highest BCUT2D eigenvalue weighted by Crippen LogP contribution is 2.15. The van der Waals surface area contributed by atoms with E-state index in [1.165, 1.54) is 0 Å². The third kappa shape index (κ3) is 4.61. The van der Waals surface area contributed by atoms with Crippen LogP contribution in [-0.4, -0.2) is 36.7 Å². The normalized spacial score (nSPS) is 10.1. The summed E-state index contributed by atoms with van der Waals surface area (Å²) in [6.07, 6.45) is 0. The topological polar surface area (TPSA) is 75.6 Å². The Labute approximate surface area is 119 Å². The largest absolute Gasteiger partial charge is 0.480 e. The number of hydrogen-bond donors (Lipinski definition) is 2. The van der Waals surface area contributed by atoms with Gasteiger partial charge in [-0.2, -0.15) is 0 Å². The van der Waals surface area contributed by atoms with Crippen LogP contribution in [0.1, 0.15) is 15.9 Å². The molecule has 0 spiro atoms. The van der Waals surface area contributed by atoms with Crippen molar-refractivity contribution >= 4 is 34.5 Å². The number of aryl methyl sites for hydroxylation is 1. The zero-order valence-corrected chi connectivity index (χ0v) is 12.1. The van der Waals surface area contributed by atoms with Crippen molar-refractivity contribution in [3.8, 4) is 0 Å². The molecule has 0 aromatic heterocycles. The van der Waals surface area contributed by atoms with Gasteiger partial charge < -0.3 is 15.2 Å². The van der Waals surface area contributed by atoms with Gasteiger partial charge >= 0.3 is 5.97 Å². The van der Waals surface area contributed by atoms with Crippen LogP contribution in [0.15, 0.2) is 18.2 Å². The molecule has 0 saturated carbocycles. The summed E-state index contributed by atoms with van der Waals surface area (Å²) in [5.41, 5.74) is 1.56. The number of hydrogen-bond acceptors (Lipinski definition) is 3. The number of carbonyl (C=O) groups is 2. The molecule has 0 bridgehead atoms. The van der Waals surface area contributed by atoms with E-state index in [0.717, 1.165) is 9.13 Å². The lowest BCUT2D eigenvalue weighted by Gasteiger charge is -2.09. The second-order valence-electron chi connectivity index (χ2n) is 3.63. The van der Waals surface area contributed by atoms with Crippen LogP contribution in [-0.2, 0) is 9.53 Å². The summed E-state index contributed by atoms with van der Waals surface area (Å²) in [7, 11) is 0. The quantitative estimate of drug-likeness (QED) is 0.592. The molecule has 6 heteroatoms. The Morgan fingerprint density at radius 1 is 1.44 bits per heavy atom. The van der Waals surface area contributed by atoms with E-state index in [2.05, 4.69) is 27.9 Å². The van der Waals surface area contributed by atoms with Crippen molar-refractivity contribution in [1.29, 1.82) is 0 Å². The maximum atomic E-state index is 11.9. The maximum absolute atomic E-state index is 11.9. The summed E-state index contributed by atoms with van der Waals surface area (Å²) in [5, 5.41) is 11.1. The van der Waals surface area contributed by atoms with Gasteiger partial charge in [-0.15, -0.1) is 0 Å². The summed E-state index contributed by atoms with van der Waals surface area (Å²) in [4.78, 5) is 22.1. The zero-order chi connectivity index (χ0) is 13.5. The van der Waals surface area contributed by atoms with Crippen LogP contribution in [0, 0.1) is 10.5 Å². The molecule has 0 fully saturated rings. The Balaban J connectivity index is 2.44. The highest BCUT2D eigenvalue weighted by atomic mass is 127. The van der Waals surface area contributed by atoms with Crippen molar-refractivity contribution < 1.29 is 19.4 Å². The first-order valence-corrected chi connectivity index (χ1v) is 6.43. The van der Waals surface area contributed by atoms with E-state index in [1.54, 1.807) is 0 Å². The molecule has 18 heavy (non-hydrogen) atoms. The second kappa shape index (κ2) is 7.32. The minimum atomic E-state index is -1.02. The monoisotopic (exact) mass is 363 g/mol. The smallest absolute Gasteiger partial charge is 0.329 e. The third-order valence-corrected chi connectivity index (χ3v) is 3.11. The number of aliphatic carboxylic acids is 1. The number of amides is 1. The fourth-order valence-electron chi connectivity index (χ4n) is 1.40. The molecule has 0 saturated heterocycles. The van der Waals surface area contributed by atoms with E-state index in [4.69, 9.17) is 9.84 Å². The van der Waals surface area contributed by atoms with Crippen molar-refractivity contribution in [3.63, 3.8) is 0 Å². The summed E-state index contributed by atoms with van der Waals surface area (Å²) >= 11 is 2.11. The van der Waals surface area contributed by atoms with Gasteiger partial charge in [-0.05, 0) is 41.1 Å². The van der Waals surface area contributed by atoms with Crippen molar-refractivity contribution in [3.05, 3.63) is 32.9 Å². The standard InChI is InChI=1S/C12H14INO4/c1-8-3-2-4-9(13)11(8)12(17)14-5-6-18-7-10(15)16/h2-4H,5-7H2,1H3,(H,14,17)(H,15,16). The van der Waals surface area contributed by atoms with Gasteiger partial charge in [0.25, 0.3) is 5.91 Å². The van der Waals surface area contributed by atoms with E-state index in [9.17, 15) is 9.59 Å². The first-order chi connectivity index (χ1) is 8.52. The van der Waals surface area contributed by atoms with Gasteiger partial charge in [0.05, 0.1) is 12.2 Å². The van der Waals surface area contributed by atoms with Crippen molar-refractivity contribution in [1.82, 2.24) is 5.32 Å². The molecule has 1 amide bonds. The number of carbonyl (C=O) groups excluding carboxylic acids is 1. The van der Waals surface area contributed by atoms with E-state index in [-0.39, 0.29) is 25.7 Å². The fraction of sp³-hybridized carbons (Fsp3) is 0.333. The maximum Gasteiger partial charge on any atom is 0.329 e. The number of halogens is 1. The molecule has 0 aliphatic heterocycles. The van der Waals surface area contributed by atoms with Crippen LogP contribution in [0.4, 0.5) is 0 Å². The summed E-state index contributed by atoms with van der Waals surface area (Å²) in [5.74, 6) is -1.19. The molecular formula is C12H14INO4. The van der Waals surface area contributed by atoms with E-state index >= 15 is 0 Å². The first kappa shape index (κ1) is 14.9. The highest BCUT2D eigenvalue weighted by Gasteiger charge is 2.11. The Morgan fingerprint density at radius 2 is 2.17 bits per heavy atom. The lowest BCUT2D eigenvalue weighted by molar-refractivity contribution is -0.142. The fourth-order valence-corrected chi connectivity index (χ4v) is 2.28. The van der Waals surface area contributed by atoms with Gasteiger partial charge in [0.15, 0.2) is 0 Å². The minimum Gasteiger partial charge on any atom is -0.480 e. The van der Waals surface area contributed by atoms with Crippen molar-refractivity contribution in [2.45, 2.75) is 6.92 Å². The average molecular weight is 363 g/mol. The SMILES string of the molecule is Cc1cccc(I)c1C(=O)NCCOCC(=O)O. The number of rotatable bonds is 6. The molecule has 5 nitrogen and oxygen atoms in total. The Kier molecular flexibility index (Phi) is 6.06. The minimum absolute atomic E-state index is 0.170. The first-order valence-electron chi connectivity index (χ1n) is 5.35. The third-order valence-electron chi connectivity index (χ3n) is 2.21. The number of carboxylic acid groups (broad SMARTS) is 1. The molecule has 0 unspecified atom stereocenters. The Morgan fingerprint density at radius 3 is 2.78 bits per heavy atom. The number of carboxylic acids is 1. The van der Waals surface area contributed by atoms with Gasteiger partial charge in [-0.25, -0.2) is 4.79 Å². The van der Waals surface area contributed by atoms with Crippen LogP contribution < -0.4 is 5.32 Å². The zero-order valence-electron chi connectivity index (χ0n) is 9.90. The highest BCUT2D eigenvalue weighted by molar-refractivity contribution is 14.1. The molecule has 1 rings (SSSR count). The molecule has 2 N–H and O–H groups in total. The van der Waals surface area contributed by atoms with Crippen LogP contribution >= 0.6 is 22.6 Å². The number of nitrogens with one attached hydrogen (secondary N) is 1. The van der Waals surface area contributed by atoms with Gasteiger partial charge in [0, 0.05) is 10.1 Å². The van der Waals surface area contributed by atoms with Crippen LogP contribution in [0.25, 0.3) is 0 Å². The van der Waals surface area contributed by atoms with Gasteiger partial charge in [0.2, 0.25) is 0 Å². The molecule has 0 radical (unpaired) electrons. The Bertz CT molecular complexity index is 427. The lowest BCUT2D eigenvalue weighted by atomic mass is 10.1. The second-order valence-corrected chi connectivity index (χ2v) is 4.80. The van der Waals surface area contributed by atoms with Gasteiger partial charge in [0.1, 0.15) is 6.61 Å². The summed E-state index contributed by atoms with van der Waals surface area (Å²) in [6, 6.07) is 5.63. The molecule has 0 heterocycles. The van der Waals surface area contributed by atoms with Crippen molar-refractivity contribution in [2.75, 3.05) is 19.8 Å². The Hall–Kier alpha value is -1.15.